The molecular weight excluding hydrogens is 353 g/mol. The van der Waals surface area contributed by atoms with E-state index in [2.05, 4.69) is 33.5 Å². The molecule has 1 unspecified atom stereocenters. The molecular formula is C18H24FN5O3. The molecule has 0 bridgehead atoms. The summed E-state index contributed by atoms with van der Waals surface area (Å²) in [5.41, 5.74) is 11.5. The molecule has 0 aliphatic carbocycles. The summed E-state index contributed by atoms with van der Waals surface area (Å²) in [5, 5.41) is 0. The molecule has 8 nitrogen and oxygen atoms in total. The van der Waals surface area contributed by atoms with Gasteiger partial charge in [-0.25, -0.2) is 19.2 Å². The zero-order valence-electron chi connectivity index (χ0n) is 15.6. The average Bonchev–Trinajstić information content (AvgIpc) is 2.58. The Labute approximate surface area is 157 Å². The Morgan fingerprint density at radius 1 is 1.26 bits per heavy atom. The molecule has 2 rings (SSSR count). The highest BCUT2D eigenvalue weighted by molar-refractivity contribution is 5.67. The van der Waals surface area contributed by atoms with Gasteiger partial charge in [-0.1, -0.05) is 13.8 Å². The maximum Gasteiger partial charge on any atom is 0.412 e. The molecule has 1 atom stereocenters. The largest absolute Gasteiger partial charge is 0.490 e. The second-order valence-electron chi connectivity index (χ2n) is 6.96. The molecule has 0 saturated carbocycles. The zero-order chi connectivity index (χ0) is 20.0. The quantitative estimate of drug-likeness (QED) is 0.724. The number of rotatable bonds is 8. The monoisotopic (exact) mass is 377 g/mol. The third-order valence-electron chi connectivity index (χ3n) is 3.58. The van der Waals surface area contributed by atoms with Gasteiger partial charge in [-0.2, -0.15) is 4.98 Å². The molecule has 4 N–H and O–H groups in total. The normalized spacial score (nSPS) is 13.3. The van der Waals surface area contributed by atoms with Crippen LogP contribution in [0.5, 0.6) is 11.8 Å². The maximum atomic E-state index is 13.5. The van der Waals surface area contributed by atoms with Gasteiger partial charge in [-0.05, 0) is 37.5 Å². The van der Waals surface area contributed by atoms with Gasteiger partial charge in [0, 0.05) is 11.7 Å². The number of pyridine rings is 1. The van der Waals surface area contributed by atoms with E-state index < -0.39 is 18.3 Å². The standard InChI is InChI=1S/C18H24FN5O3/c1-11(2)8-18(3,21)10-26-15-5-4-12(23-14(15)9-19)13-6-7-22-17(24-13)27-16(20)25/h4-7,11H,8-10,21H2,1-3H3,(H2,20,25). The highest BCUT2D eigenvalue weighted by atomic mass is 19.1. The van der Waals surface area contributed by atoms with Gasteiger partial charge in [-0.3, -0.25) is 0 Å². The topological polar surface area (TPSA) is 126 Å². The summed E-state index contributed by atoms with van der Waals surface area (Å²) in [4.78, 5) is 22.8. The molecule has 0 aliphatic rings. The highest BCUT2D eigenvalue weighted by Crippen LogP contribution is 2.25. The zero-order valence-corrected chi connectivity index (χ0v) is 15.6. The second kappa shape index (κ2) is 8.72. The van der Waals surface area contributed by atoms with Gasteiger partial charge in [-0.15, -0.1) is 0 Å². The number of aromatic nitrogens is 3. The fourth-order valence-corrected chi connectivity index (χ4v) is 2.72. The number of carbonyl (C=O) groups excluding carboxylic acids is 1. The minimum absolute atomic E-state index is 0.129. The lowest BCUT2D eigenvalue weighted by Gasteiger charge is -2.27. The predicted molar refractivity (Wildman–Crippen MR) is 97.8 cm³/mol. The molecule has 2 aromatic heterocycles. The van der Waals surface area contributed by atoms with Gasteiger partial charge in [0.2, 0.25) is 0 Å². The molecule has 146 valence electrons. The third kappa shape index (κ3) is 6.14. The first-order chi connectivity index (χ1) is 12.7. The van der Waals surface area contributed by atoms with Crippen molar-refractivity contribution in [1.29, 1.82) is 0 Å². The number of hydrogen-bond acceptors (Lipinski definition) is 7. The van der Waals surface area contributed by atoms with Gasteiger partial charge in [0.25, 0.3) is 0 Å². The van der Waals surface area contributed by atoms with Crippen LogP contribution < -0.4 is 20.9 Å². The van der Waals surface area contributed by atoms with E-state index in [-0.39, 0.29) is 18.3 Å². The molecule has 0 aliphatic heterocycles. The predicted octanol–water partition coefficient (Wildman–Crippen LogP) is 2.61. The summed E-state index contributed by atoms with van der Waals surface area (Å²) in [6, 6.07) is 4.58. The lowest BCUT2D eigenvalue weighted by Crippen LogP contribution is -2.43. The number of nitrogens with zero attached hydrogens (tertiary/aromatic N) is 3. The van der Waals surface area contributed by atoms with Gasteiger partial charge < -0.3 is 20.9 Å². The van der Waals surface area contributed by atoms with Gasteiger partial charge in [0.1, 0.15) is 24.7 Å². The Morgan fingerprint density at radius 2 is 1.96 bits per heavy atom. The minimum Gasteiger partial charge on any atom is -0.490 e. The molecule has 0 aromatic carbocycles. The van der Waals surface area contributed by atoms with Crippen molar-refractivity contribution in [2.24, 2.45) is 17.4 Å². The van der Waals surface area contributed by atoms with E-state index in [0.717, 1.165) is 6.42 Å². The van der Waals surface area contributed by atoms with Crippen LogP contribution in [-0.4, -0.2) is 33.2 Å². The van der Waals surface area contributed by atoms with E-state index in [0.29, 0.717) is 23.1 Å². The van der Waals surface area contributed by atoms with Gasteiger partial charge in [0.15, 0.2) is 0 Å². The number of alkyl halides is 1. The molecule has 9 heteroatoms. The maximum absolute atomic E-state index is 13.5. The van der Waals surface area contributed by atoms with Crippen molar-refractivity contribution in [3.8, 4) is 23.1 Å². The van der Waals surface area contributed by atoms with Crippen molar-refractivity contribution in [1.82, 2.24) is 15.0 Å². The number of amides is 1. The van der Waals surface area contributed by atoms with Crippen LogP contribution in [0.1, 0.15) is 32.9 Å². The van der Waals surface area contributed by atoms with Crippen LogP contribution >= 0.6 is 0 Å². The molecule has 27 heavy (non-hydrogen) atoms. The van der Waals surface area contributed by atoms with Crippen LogP contribution in [0.3, 0.4) is 0 Å². The van der Waals surface area contributed by atoms with Crippen LogP contribution in [0, 0.1) is 5.92 Å². The van der Waals surface area contributed by atoms with Crippen LogP contribution in [0.2, 0.25) is 0 Å². The molecule has 2 heterocycles. The highest BCUT2D eigenvalue weighted by Gasteiger charge is 2.22. The smallest absolute Gasteiger partial charge is 0.412 e. The summed E-state index contributed by atoms with van der Waals surface area (Å²) in [5.74, 6) is 0.740. The Hall–Kier alpha value is -2.81. The average molecular weight is 377 g/mol. The van der Waals surface area contributed by atoms with Crippen LogP contribution in [0.15, 0.2) is 24.4 Å². The first-order valence-corrected chi connectivity index (χ1v) is 8.48. The number of nitrogens with two attached hydrogens (primary N) is 2. The summed E-state index contributed by atoms with van der Waals surface area (Å²) in [6.07, 6.45) is 1.13. The number of ether oxygens (including phenoxy) is 2. The Kier molecular flexibility index (Phi) is 6.62. The van der Waals surface area contributed by atoms with Crippen LogP contribution in [0.4, 0.5) is 9.18 Å². The Balaban J connectivity index is 2.20. The fourth-order valence-electron chi connectivity index (χ4n) is 2.72. The number of hydrogen-bond donors (Lipinski definition) is 2. The van der Waals surface area contributed by atoms with E-state index in [9.17, 15) is 9.18 Å². The first kappa shape index (κ1) is 20.5. The second-order valence-corrected chi connectivity index (χ2v) is 6.96. The van der Waals surface area contributed by atoms with Crippen molar-refractivity contribution in [3.05, 3.63) is 30.1 Å². The van der Waals surface area contributed by atoms with Crippen molar-refractivity contribution >= 4 is 6.09 Å². The van der Waals surface area contributed by atoms with Crippen molar-refractivity contribution in [2.75, 3.05) is 6.61 Å². The SMILES string of the molecule is CC(C)CC(C)(N)COc1ccc(-c2ccnc(OC(N)=O)n2)nc1CF. The van der Waals surface area contributed by atoms with Crippen molar-refractivity contribution in [2.45, 2.75) is 39.4 Å². The lowest BCUT2D eigenvalue weighted by molar-refractivity contribution is 0.203. The molecule has 0 fully saturated rings. The van der Waals surface area contributed by atoms with Crippen molar-refractivity contribution < 1.29 is 18.7 Å². The minimum atomic E-state index is -1.03. The number of carbonyl (C=O) groups is 1. The molecule has 0 saturated heterocycles. The lowest BCUT2D eigenvalue weighted by atomic mass is 9.93. The Bertz CT molecular complexity index is 798. The van der Waals surface area contributed by atoms with E-state index in [1.807, 2.05) is 6.92 Å². The molecule has 1 amide bonds. The van der Waals surface area contributed by atoms with E-state index >= 15 is 0 Å². The third-order valence-corrected chi connectivity index (χ3v) is 3.58. The first-order valence-electron chi connectivity index (χ1n) is 8.48. The number of halogens is 1. The van der Waals surface area contributed by atoms with Crippen molar-refractivity contribution in [3.63, 3.8) is 0 Å². The van der Waals surface area contributed by atoms with Crippen LogP contribution in [0.25, 0.3) is 11.4 Å². The summed E-state index contributed by atoms with van der Waals surface area (Å²) in [6.45, 7) is 5.47. The molecule has 0 spiro atoms. The summed E-state index contributed by atoms with van der Waals surface area (Å²) in [7, 11) is 0. The number of primary amides is 1. The Morgan fingerprint density at radius 3 is 2.59 bits per heavy atom. The summed E-state index contributed by atoms with van der Waals surface area (Å²) >= 11 is 0. The van der Waals surface area contributed by atoms with E-state index in [1.165, 1.54) is 6.20 Å². The van der Waals surface area contributed by atoms with E-state index in [4.69, 9.17) is 16.2 Å². The summed E-state index contributed by atoms with van der Waals surface area (Å²) < 4.78 is 23.8. The van der Waals surface area contributed by atoms with Gasteiger partial charge >= 0.3 is 12.1 Å². The van der Waals surface area contributed by atoms with Crippen LogP contribution in [-0.2, 0) is 6.67 Å². The van der Waals surface area contributed by atoms with Gasteiger partial charge in [0.05, 0.1) is 11.4 Å². The fraction of sp³-hybridized carbons (Fsp3) is 0.444. The molecule has 0 radical (unpaired) electrons. The van der Waals surface area contributed by atoms with E-state index in [1.54, 1.807) is 18.2 Å². The molecule has 2 aromatic rings.